The molecule has 24 heavy (non-hydrogen) atoms. The van der Waals surface area contributed by atoms with Gasteiger partial charge in [0.25, 0.3) is 0 Å². The normalized spacial score (nSPS) is 10.8. The number of aryl methyl sites for hydroxylation is 1. The number of ether oxygens (including phenoxy) is 1. The molecule has 2 aromatic carbocycles. The average molecular weight is 345 g/mol. The molecule has 0 atom stereocenters. The second kappa shape index (κ2) is 6.37. The van der Waals surface area contributed by atoms with E-state index in [-0.39, 0.29) is 16.9 Å². The number of carbonyl (C=O) groups is 1. The van der Waals surface area contributed by atoms with Crippen LogP contribution in [-0.2, 0) is 4.79 Å². The third-order valence-electron chi connectivity index (χ3n) is 3.46. The minimum absolute atomic E-state index is 0.143. The SMILES string of the molecule is Cc1ccc(-c2oc3ccc(Cl)cc3c(=O)c2OCC(=O)O)cc1. The molecule has 0 fully saturated rings. The molecule has 1 heterocycles. The summed E-state index contributed by atoms with van der Waals surface area (Å²) in [6.45, 7) is 1.29. The van der Waals surface area contributed by atoms with E-state index in [9.17, 15) is 9.59 Å². The van der Waals surface area contributed by atoms with E-state index < -0.39 is 18.0 Å². The number of carboxylic acids is 1. The maximum Gasteiger partial charge on any atom is 0.341 e. The molecule has 3 aromatic rings. The lowest BCUT2D eigenvalue weighted by Gasteiger charge is -2.11. The number of hydrogen-bond acceptors (Lipinski definition) is 4. The van der Waals surface area contributed by atoms with Crippen molar-refractivity contribution in [3.63, 3.8) is 0 Å². The molecule has 0 saturated heterocycles. The lowest BCUT2D eigenvalue weighted by Crippen LogP contribution is -2.16. The summed E-state index contributed by atoms with van der Waals surface area (Å²) in [7, 11) is 0. The fraction of sp³-hybridized carbons (Fsp3) is 0.111. The van der Waals surface area contributed by atoms with E-state index in [1.807, 2.05) is 19.1 Å². The lowest BCUT2D eigenvalue weighted by atomic mass is 10.1. The van der Waals surface area contributed by atoms with Crippen LogP contribution in [0.5, 0.6) is 5.75 Å². The summed E-state index contributed by atoms with van der Waals surface area (Å²) in [4.78, 5) is 23.5. The van der Waals surface area contributed by atoms with Crippen LogP contribution in [0.3, 0.4) is 0 Å². The molecule has 0 aliphatic heterocycles. The van der Waals surface area contributed by atoms with Gasteiger partial charge in [0.05, 0.1) is 5.39 Å². The van der Waals surface area contributed by atoms with E-state index in [1.54, 1.807) is 24.3 Å². The number of hydrogen-bond donors (Lipinski definition) is 1. The van der Waals surface area contributed by atoms with Gasteiger partial charge in [-0.15, -0.1) is 0 Å². The quantitative estimate of drug-likeness (QED) is 0.777. The van der Waals surface area contributed by atoms with E-state index in [2.05, 4.69) is 0 Å². The summed E-state index contributed by atoms with van der Waals surface area (Å²) in [6.07, 6.45) is 0. The lowest BCUT2D eigenvalue weighted by molar-refractivity contribution is -0.139. The second-order valence-electron chi connectivity index (χ2n) is 5.28. The molecule has 0 spiro atoms. The van der Waals surface area contributed by atoms with Crippen molar-refractivity contribution in [3.8, 4) is 17.1 Å². The number of fused-ring (bicyclic) bond motifs is 1. The van der Waals surface area contributed by atoms with Gasteiger partial charge in [0.2, 0.25) is 11.2 Å². The minimum atomic E-state index is -1.18. The van der Waals surface area contributed by atoms with Crippen molar-refractivity contribution >= 4 is 28.5 Å². The molecule has 0 radical (unpaired) electrons. The van der Waals surface area contributed by atoms with Crippen LogP contribution in [0.15, 0.2) is 51.7 Å². The van der Waals surface area contributed by atoms with Crippen molar-refractivity contribution < 1.29 is 19.1 Å². The predicted molar refractivity (Wildman–Crippen MR) is 90.8 cm³/mol. The fourth-order valence-electron chi connectivity index (χ4n) is 2.31. The highest BCUT2D eigenvalue weighted by molar-refractivity contribution is 6.31. The van der Waals surface area contributed by atoms with Crippen molar-refractivity contribution in [2.24, 2.45) is 0 Å². The van der Waals surface area contributed by atoms with Gasteiger partial charge in [0, 0.05) is 10.6 Å². The van der Waals surface area contributed by atoms with Crippen LogP contribution in [0.1, 0.15) is 5.56 Å². The molecule has 0 bridgehead atoms. The summed E-state index contributed by atoms with van der Waals surface area (Å²) in [5.41, 5.74) is 1.55. The molecule has 0 unspecified atom stereocenters. The van der Waals surface area contributed by atoms with Gasteiger partial charge in [0.15, 0.2) is 12.4 Å². The Morgan fingerprint density at radius 1 is 1.21 bits per heavy atom. The predicted octanol–water partition coefficient (Wildman–Crippen LogP) is 3.89. The molecule has 122 valence electrons. The van der Waals surface area contributed by atoms with Gasteiger partial charge in [-0.1, -0.05) is 41.4 Å². The molecular formula is C18H13ClO5. The Kier molecular flexibility index (Phi) is 4.27. The summed E-state index contributed by atoms with van der Waals surface area (Å²) >= 11 is 5.93. The van der Waals surface area contributed by atoms with Crippen LogP contribution < -0.4 is 10.2 Å². The average Bonchev–Trinajstić information content (AvgIpc) is 2.55. The number of aliphatic carboxylic acids is 1. The first-order valence-electron chi connectivity index (χ1n) is 7.13. The molecule has 0 amide bonds. The largest absolute Gasteiger partial charge is 0.479 e. The van der Waals surface area contributed by atoms with Crippen LogP contribution in [0.4, 0.5) is 0 Å². The molecule has 0 aliphatic rings. The van der Waals surface area contributed by atoms with Gasteiger partial charge in [-0.2, -0.15) is 0 Å². The first kappa shape index (κ1) is 16.1. The number of benzene rings is 2. The van der Waals surface area contributed by atoms with Crippen molar-refractivity contribution in [2.75, 3.05) is 6.61 Å². The zero-order valence-corrected chi connectivity index (χ0v) is 13.5. The van der Waals surface area contributed by atoms with E-state index in [4.69, 9.17) is 25.9 Å². The highest BCUT2D eigenvalue weighted by Gasteiger charge is 2.18. The zero-order chi connectivity index (χ0) is 17.3. The Balaban J connectivity index is 2.26. The van der Waals surface area contributed by atoms with Crippen molar-refractivity contribution in [3.05, 3.63) is 63.3 Å². The van der Waals surface area contributed by atoms with E-state index >= 15 is 0 Å². The van der Waals surface area contributed by atoms with Crippen molar-refractivity contribution in [1.82, 2.24) is 0 Å². The first-order chi connectivity index (χ1) is 11.5. The maximum atomic E-state index is 12.7. The summed E-state index contributed by atoms with van der Waals surface area (Å²) < 4.78 is 11.0. The molecule has 1 aromatic heterocycles. The highest BCUT2D eigenvalue weighted by Crippen LogP contribution is 2.31. The van der Waals surface area contributed by atoms with E-state index in [0.717, 1.165) is 5.56 Å². The van der Waals surface area contributed by atoms with Crippen LogP contribution in [0.2, 0.25) is 5.02 Å². The summed E-state index contributed by atoms with van der Waals surface area (Å²) in [5.74, 6) is -1.14. The Bertz CT molecular complexity index is 973. The monoisotopic (exact) mass is 344 g/mol. The van der Waals surface area contributed by atoms with Crippen molar-refractivity contribution in [1.29, 1.82) is 0 Å². The van der Waals surface area contributed by atoms with Gasteiger partial charge in [-0.3, -0.25) is 4.79 Å². The molecule has 5 nitrogen and oxygen atoms in total. The summed E-state index contributed by atoms with van der Waals surface area (Å²) in [5, 5.41) is 9.45. The summed E-state index contributed by atoms with van der Waals surface area (Å²) in [6, 6.07) is 12.0. The topological polar surface area (TPSA) is 76.7 Å². The maximum absolute atomic E-state index is 12.7. The number of carboxylic acid groups (broad SMARTS) is 1. The number of halogens is 1. The molecule has 6 heteroatoms. The Morgan fingerprint density at radius 2 is 1.92 bits per heavy atom. The van der Waals surface area contributed by atoms with E-state index in [1.165, 1.54) is 6.07 Å². The van der Waals surface area contributed by atoms with E-state index in [0.29, 0.717) is 16.2 Å². The van der Waals surface area contributed by atoms with Crippen LogP contribution in [0, 0.1) is 6.92 Å². The molecular weight excluding hydrogens is 332 g/mol. The van der Waals surface area contributed by atoms with Gasteiger partial charge in [-0.25, -0.2) is 4.79 Å². The number of rotatable bonds is 4. The van der Waals surface area contributed by atoms with Crippen molar-refractivity contribution in [2.45, 2.75) is 6.92 Å². The Labute approximate surface area is 142 Å². The minimum Gasteiger partial charge on any atom is -0.479 e. The van der Waals surface area contributed by atoms with Gasteiger partial charge < -0.3 is 14.3 Å². The van der Waals surface area contributed by atoms with Gasteiger partial charge in [-0.05, 0) is 25.1 Å². The van der Waals surface area contributed by atoms with Crippen LogP contribution in [-0.4, -0.2) is 17.7 Å². The molecule has 0 saturated carbocycles. The molecule has 0 aliphatic carbocycles. The van der Waals surface area contributed by atoms with Gasteiger partial charge in [0.1, 0.15) is 5.58 Å². The van der Waals surface area contributed by atoms with Crippen LogP contribution in [0.25, 0.3) is 22.3 Å². The second-order valence-corrected chi connectivity index (χ2v) is 5.71. The Hall–Kier alpha value is -2.79. The zero-order valence-electron chi connectivity index (χ0n) is 12.7. The van der Waals surface area contributed by atoms with Crippen LogP contribution >= 0.6 is 11.6 Å². The molecule has 3 rings (SSSR count). The third-order valence-corrected chi connectivity index (χ3v) is 3.70. The third kappa shape index (κ3) is 3.12. The highest BCUT2D eigenvalue weighted by atomic mass is 35.5. The smallest absolute Gasteiger partial charge is 0.341 e. The fourth-order valence-corrected chi connectivity index (χ4v) is 2.48. The standard InChI is InChI=1S/C18H13ClO5/c1-10-2-4-11(5-3-10)17-18(23-9-15(20)21)16(22)13-8-12(19)6-7-14(13)24-17/h2-8H,9H2,1H3,(H,20,21). The molecule has 1 N–H and O–H groups in total. The first-order valence-corrected chi connectivity index (χ1v) is 7.51. The Morgan fingerprint density at radius 3 is 2.58 bits per heavy atom. The van der Waals surface area contributed by atoms with Gasteiger partial charge >= 0.3 is 5.97 Å².